The zero-order valence-electron chi connectivity index (χ0n) is 16.8. The first-order valence-corrected chi connectivity index (χ1v) is 10.6. The van der Waals surface area contributed by atoms with E-state index in [-0.39, 0.29) is 5.91 Å². The van der Waals surface area contributed by atoms with Gasteiger partial charge in [-0.2, -0.15) is 0 Å². The van der Waals surface area contributed by atoms with Gasteiger partial charge < -0.3 is 14.7 Å². The highest BCUT2D eigenvalue weighted by molar-refractivity contribution is 5.73. The van der Waals surface area contributed by atoms with Gasteiger partial charge in [-0.15, -0.1) is 0 Å². The smallest absolute Gasteiger partial charge is 0.219 e. The number of hydrogen-bond acceptors (Lipinski definition) is 5. The summed E-state index contributed by atoms with van der Waals surface area (Å²) >= 11 is 0. The lowest BCUT2D eigenvalue weighted by Gasteiger charge is -2.41. The molecule has 3 fully saturated rings. The highest BCUT2D eigenvalue weighted by Gasteiger charge is 2.37. The third-order valence-corrected chi connectivity index (χ3v) is 6.43. The summed E-state index contributed by atoms with van der Waals surface area (Å²) in [5.41, 5.74) is 1.05. The van der Waals surface area contributed by atoms with Crippen molar-refractivity contribution < 1.29 is 4.79 Å². The molecule has 3 heterocycles. The Morgan fingerprint density at radius 3 is 2.52 bits per heavy atom. The van der Waals surface area contributed by atoms with E-state index in [1.807, 2.05) is 11.8 Å². The molecule has 2 saturated heterocycles. The molecule has 148 valence electrons. The molecule has 0 N–H and O–H groups in total. The maximum atomic E-state index is 11.7. The average molecular weight is 372 g/mol. The third-order valence-electron chi connectivity index (χ3n) is 6.43. The second-order valence-electron chi connectivity index (χ2n) is 8.66. The van der Waals surface area contributed by atoms with Crippen molar-refractivity contribution in [1.82, 2.24) is 19.8 Å². The van der Waals surface area contributed by atoms with E-state index in [4.69, 9.17) is 0 Å². The summed E-state index contributed by atoms with van der Waals surface area (Å²) in [5.74, 6) is 2.00. The number of anilines is 1. The van der Waals surface area contributed by atoms with Crippen molar-refractivity contribution in [3.8, 4) is 0 Å². The fourth-order valence-electron chi connectivity index (χ4n) is 4.85. The summed E-state index contributed by atoms with van der Waals surface area (Å²) in [5, 5.41) is 0. The summed E-state index contributed by atoms with van der Waals surface area (Å²) in [6.45, 7) is 9.12. The van der Waals surface area contributed by atoms with Crippen molar-refractivity contribution >= 4 is 11.7 Å². The number of carbonyl (C=O) groups excluding carboxylic acids is 1. The minimum Gasteiger partial charge on any atom is -0.350 e. The molecule has 0 bridgehead atoms. The first-order chi connectivity index (χ1) is 13.1. The van der Waals surface area contributed by atoms with Gasteiger partial charge in [-0.05, 0) is 51.4 Å². The highest BCUT2D eigenvalue weighted by Crippen LogP contribution is 2.35. The molecule has 1 saturated carbocycles. The number of aromatic nitrogens is 2. The lowest BCUT2D eigenvalue weighted by molar-refractivity contribution is -0.130. The van der Waals surface area contributed by atoms with E-state index < -0.39 is 0 Å². The summed E-state index contributed by atoms with van der Waals surface area (Å²) in [6.07, 6.45) is 9.14. The molecule has 27 heavy (non-hydrogen) atoms. The second-order valence-corrected chi connectivity index (χ2v) is 8.66. The fourth-order valence-corrected chi connectivity index (χ4v) is 4.85. The zero-order valence-corrected chi connectivity index (χ0v) is 16.8. The Bertz CT molecular complexity index is 654. The molecule has 6 nitrogen and oxygen atoms in total. The molecule has 1 aromatic heterocycles. The monoisotopic (exact) mass is 371 g/mol. The van der Waals surface area contributed by atoms with E-state index in [0.717, 1.165) is 50.7 Å². The maximum Gasteiger partial charge on any atom is 0.219 e. The van der Waals surface area contributed by atoms with Gasteiger partial charge in [0.1, 0.15) is 12.1 Å². The van der Waals surface area contributed by atoms with E-state index in [1.165, 1.54) is 32.1 Å². The SMILES string of the molecule is CC(=O)N1CCCC(CN2CCC(N(c3cc(C)ncn3)C3CC3)CC2)C1. The van der Waals surface area contributed by atoms with Gasteiger partial charge >= 0.3 is 0 Å². The molecular weight excluding hydrogens is 338 g/mol. The third kappa shape index (κ3) is 4.60. The molecule has 1 aromatic rings. The molecule has 6 heteroatoms. The number of piperidine rings is 2. The first-order valence-electron chi connectivity index (χ1n) is 10.6. The molecule has 3 aliphatic rings. The number of likely N-dealkylation sites (tertiary alicyclic amines) is 2. The van der Waals surface area contributed by atoms with Crippen molar-refractivity contribution in [2.24, 2.45) is 5.92 Å². The van der Waals surface area contributed by atoms with E-state index in [1.54, 1.807) is 13.3 Å². The Balaban J connectivity index is 1.32. The molecule has 1 amide bonds. The van der Waals surface area contributed by atoms with Crippen molar-refractivity contribution in [3.05, 3.63) is 18.1 Å². The van der Waals surface area contributed by atoms with Gasteiger partial charge in [0.15, 0.2) is 0 Å². The van der Waals surface area contributed by atoms with Gasteiger partial charge in [-0.3, -0.25) is 4.79 Å². The molecule has 0 spiro atoms. The standard InChI is InChI=1S/C21H33N5O/c1-16-12-21(23-15-22-16)26(19-5-6-19)20-7-10-24(11-8-20)13-18-4-3-9-25(14-18)17(2)27/h12,15,18-20H,3-11,13-14H2,1-2H3. The van der Waals surface area contributed by atoms with Crippen LogP contribution in [0.15, 0.2) is 12.4 Å². The molecule has 1 aliphatic carbocycles. The quantitative estimate of drug-likeness (QED) is 0.796. The molecule has 0 aromatic carbocycles. The van der Waals surface area contributed by atoms with Gasteiger partial charge in [0.25, 0.3) is 0 Å². The summed E-state index contributed by atoms with van der Waals surface area (Å²) < 4.78 is 0. The molecular formula is C21H33N5O. The topological polar surface area (TPSA) is 52.6 Å². The van der Waals surface area contributed by atoms with Crippen LogP contribution in [0.4, 0.5) is 5.82 Å². The molecule has 0 radical (unpaired) electrons. The van der Waals surface area contributed by atoms with Crippen LogP contribution in [0.2, 0.25) is 0 Å². The number of amides is 1. The van der Waals surface area contributed by atoms with Crippen LogP contribution in [0.25, 0.3) is 0 Å². The maximum absolute atomic E-state index is 11.7. The number of nitrogens with zero attached hydrogens (tertiary/aromatic N) is 5. The van der Waals surface area contributed by atoms with Crippen molar-refractivity contribution in [2.75, 3.05) is 37.6 Å². The summed E-state index contributed by atoms with van der Waals surface area (Å²) in [7, 11) is 0. The predicted octanol–water partition coefficient (Wildman–Crippen LogP) is 2.48. The lowest BCUT2D eigenvalue weighted by atomic mass is 9.95. The summed E-state index contributed by atoms with van der Waals surface area (Å²) in [4.78, 5) is 27.8. The van der Waals surface area contributed by atoms with Crippen molar-refractivity contribution in [3.63, 3.8) is 0 Å². The summed E-state index contributed by atoms with van der Waals surface area (Å²) in [6, 6.07) is 3.42. The Morgan fingerprint density at radius 2 is 1.85 bits per heavy atom. The Morgan fingerprint density at radius 1 is 1.11 bits per heavy atom. The van der Waals surface area contributed by atoms with Crippen LogP contribution < -0.4 is 4.90 Å². The van der Waals surface area contributed by atoms with Crippen LogP contribution in [0.1, 0.15) is 51.1 Å². The fraction of sp³-hybridized carbons (Fsp3) is 0.762. The largest absolute Gasteiger partial charge is 0.350 e. The highest BCUT2D eigenvalue weighted by atomic mass is 16.2. The predicted molar refractivity (Wildman–Crippen MR) is 107 cm³/mol. The van der Waals surface area contributed by atoms with Gasteiger partial charge in [0, 0.05) is 63.5 Å². The van der Waals surface area contributed by atoms with Crippen LogP contribution in [0.3, 0.4) is 0 Å². The van der Waals surface area contributed by atoms with Gasteiger partial charge in [-0.25, -0.2) is 9.97 Å². The lowest BCUT2D eigenvalue weighted by Crippen LogP contribution is -2.49. The first kappa shape index (κ1) is 18.7. The van der Waals surface area contributed by atoms with Crippen LogP contribution in [0, 0.1) is 12.8 Å². The van der Waals surface area contributed by atoms with Crippen LogP contribution in [-0.4, -0.2) is 70.5 Å². The Kier molecular flexibility index (Phi) is 5.62. The van der Waals surface area contributed by atoms with Crippen LogP contribution in [-0.2, 0) is 4.79 Å². The van der Waals surface area contributed by atoms with Gasteiger partial charge in [0.2, 0.25) is 5.91 Å². The number of carbonyl (C=O) groups is 1. The number of hydrogen-bond donors (Lipinski definition) is 0. The zero-order chi connectivity index (χ0) is 18.8. The minimum atomic E-state index is 0.235. The molecule has 1 unspecified atom stereocenters. The molecule has 2 aliphatic heterocycles. The number of aryl methyl sites for hydroxylation is 1. The van der Waals surface area contributed by atoms with E-state index in [0.29, 0.717) is 18.0 Å². The van der Waals surface area contributed by atoms with Gasteiger partial charge in [-0.1, -0.05) is 0 Å². The van der Waals surface area contributed by atoms with Crippen molar-refractivity contribution in [2.45, 2.75) is 64.5 Å². The molecule has 4 rings (SSSR count). The van der Waals surface area contributed by atoms with E-state index >= 15 is 0 Å². The Hall–Kier alpha value is -1.69. The minimum absolute atomic E-state index is 0.235. The normalized spacial score (nSPS) is 24.8. The van der Waals surface area contributed by atoms with E-state index in [2.05, 4.69) is 25.8 Å². The average Bonchev–Trinajstić information content (AvgIpc) is 3.49. The van der Waals surface area contributed by atoms with Gasteiger partial charge in [0.05, 0.1) is 0 Å². The number of rotatable bonds is 5. The molecule has 1 atom stereocenters. The second kappa shape index (κ2) is 8.13. The van der Waals surface area contributed by atoms with Crippen LogP contribution >= 0.6 is 0 Å². The van der Waals surface area contributed by atoms with Crippen molar-refractivity contribution in [1.29, 1.82) is 0 Å². The van der Waals surface area contributed by atoms with Crippen LogP contribution in [0.5, 0.6) is 0 Å². The Labute approximate surface area is 162 Å². The van der Waals surface area contributed by atoms with E-state index in [9.17, 15) is 4.79 Å².